The first kappa shape index (κ1) is 14.0. The predicted octanol–water partition coefficient (Wildman–Crippen LogP) is 2.39. The minimum Gasteiger partial charge on any atom is -0.396 e. The topological polar surface area (TPSA) is 79.8 Å². The molecule has 0 radical (unpaired) electrons. The van der Waals surface area contributed by atoms with E-state index in [-0.39, 0.29) is 6.61 Å². The van der Waals surface area contributed by atoms with Gasteiger partial charge in [0.15, 0.2) is 0 Å². The second-order valence-electron chi connectivity index (χ2n) is 4.05. The van der Waals surface area contributed by atoms with Crippen LogP contribution in [0.15, 0.2) is 18.2 Å². The molecule has 0 aliphatic heterocycles. The normalized spacial score (nSPS) is 9.50. The van der Waals surface area contributed by atoms with Gasteiger partial charge >= 0.3 is 0 Å². The first-order valence-electron chi connectivity index (χ1n) is 6.11. The number of nitrogens with zero attached hydrogens (tertiary/aromatic N) is 2. The zero-order valence-electron chi connectivity index (χ0n) is 10.3. The number of aliphatic hydroxyl groups excluding tert-OH is 1. The Morgan fingerprint density at radius 2 is 1.72 bits per heavy atom. The maximum atomic E-state index is 8.89. The maximum absolute atomic E-state index is 8.89. The molecule has 18 heavy (non-hydrogen) atoms. The van der Waals surface area contributed by atoms with Gasteiger partial charge in [-0.15, -0.1) is 0 Å². The summed E-state index contributed by atoms with van der Waals surface area (Å²) in [6.45, 7) is 1.09. The summed E-state index contributed by atoms with van der Waals surface area (Å²) in [5, 5.41) is 29.5. The Kier molecular flexibility index (Phi) is 6.32. The van der Waals surface area contributed by atoms with E-state index in [0.29, 0.717) is 11.1 Å². The van der Waals surface area contributed by atoms with Gasteiger partial charge in [0.2, 0.25) is 0 Å². The van der Waals surface area contributed by atoms with Crippen molar-refractivity contribution in [2.45, 2.75) is 25.7 Å². The van der Waals surface area contributed by atoms with E-state index in [1.807, 2.05) is 18.2 Å². The van der Waals surface area contributed by atoms with Crippen LogP contribution in [-0.2, 0) is 0 Å². The minimum atomic E-state index is 0.259. The first-order valence-corrected chi connectivity index (χ1v) is 6.11. The molecular weight excluding hydrogens is 226 g/mol. The molecule has 1 aromatic rings. The van der Waals surface area contributed by atoms with Crippen molar-refractivity contribution in [3.05, 3.63) is 29.3 Å². The molecule has 0 bridgehead atoms. The SMILES string of the molecule is N#Cc1ccc(NCCCCCCO)cc1C#N. The number of anilines is 1. The summed E-state index contributed by atoms with van der Waals surface area (Å²) in [4.78, 5) is 0. The highest BCUT2D eigenvalue weighted by Gasteiger charge is 2.02. The number of hydrogen-bond donors (Lipinski definition) is 2. The Balaban J connectivity index is 2.40. The standard InChI is InChI=1S/C14H17N3O/c15-10-12-5-6-14(9-13(12)11-16)17-7-3-1-2-4-8-18/h5-6,9,17-18H,1-4,7-8H2. The summed E-state index contributed by atoms with van der Waals surface area (Å²) in [7, 11) is 0. The Hall–Kier alpha value is -2.04. The van der Waals surface area contributed by atoms with Gasteiger partial charge < -0.3 is 10.4 Å². The molecule has 1 aromatic carbocycles. The van der Waals surface area contributed by atoms with Crippen molar-refractivity contribution in [2.24, 2.45) is 0 Å². The third-order valence-corrected chi connectivity index (χ3v) is 2.67. The molecule has 0 heterocycles. The number of hydrogen-bond acceptors (Lipinski definition) is 4. The van der Waals surface area contributed by atoms with Crippen LogP contribution < -0.4 is 5.32 Å². The number of nitrogens with one attached hydrogen (secondary N) is 1. The van der Waals surface area contributed by atoms with Crippen molar-refractivity contribution in [1.82, 2.24) is 0 Å². The average Bonchev–Trinajstić information content (AvgIpc) is 2.42. The zero-order chi connectivity index (χ0) is 13.2. The fourth-order valence-electron chi connectivity index (χ4n) is 1.67. The average molecular weight is 243 g/mol. The van der Waals surface area contributed by atoms with Gasteiger partial charge in [-0.05, 0) is 31.0 Å². The van der Waals surface area contributed by atoms with Gasteiger partial charge in [-0.1, -0.05) is 12.8 Å². The van der Waals surface area contributed by atoms with Crippen LogP contribution in [0.2, 0.25) is 0 Å². The van der Waals surface area contributed by atoms with Gasteiger partial charge in [0.05, 0.1) is 11.1 Å². The van der Waals surface area contributed by atoms with Gasteiger partial charge in [-0.3, -0.25) is 0 Å². The zero-order valence-corrected chi connectivity index (χ0v) is 10.3. The molecule has 2 N–H and O–H groups in total. The van der Waals surface area contributed by atoms with Crippen molar-refractivity contribution in [2.75, 3.05) is 18.5 Å². The van der Waals surface area contributed by atoms with E-state index >= 15 is 0 Å². The van der Waals surface area contributed by atoms with Crippen LogP contribution in [0.3, 0.4) is 0 Å². The highest BCUT2D eigenvalue weighted by Crippen LogP contribution is 2.14. The molecule has 0 aliphatic carbocycles. The van der Waals surface area contributed by atoms with Crippen molar-refractivity contribution in [3.63, 3.8) is 0 Å². The highest BCUT2D eigenvalue weighted by molar-refractivity contribution is 5.56. The van der Waals surface area contributed by atoms with Gasteiger partial charge in [0, 0.05) is 18.8 Å². The Morgan fingerprint density at radius 3 is 2.39 bits per heavy atom. The van der Waals surface area contributed by atoms with Crippen LogP contribution in [0.25, 0.3) is 0 Å². The number of rotatable bonds is 7. The van der Waals surface area contributed by atoms with E-state index in [4.69, 9.17) is 15.6 Å². The van der Waals surface area contributed by atoms with Gasteiger partial charge in [-0.2, -0.15) is 10.5 Å². The lowest BCUT2D eigenvalue weighted by molar-refractivity contribution is 0.283. The van der Waals surface area contributed by atoms with Gasteiger partial charge in [0.25, 0.3) is 0 Å². The molecule has 0 amide bonds. The van der Waals surface area contributed by atoms with E-state index in [9.17, 15) is 0 Å². The van der Waals surface area contributed by atoms with Crippen molar-refractivity contribution in [3.8, 4) is 12.1 Å². The largest absolute Gasteiger partial charge is 0.396 e. The molecule has 0 unspecified atom stereocenters. The molecular formula is C14H17N3O. The lowest BCUT2D eigenvalue weighted by Gasteiger charge is -2.07. The molecule has 4 heteroatoms. The monoisotopic (exact) mass is 243 g/mol. The summed E-state index contributed by atoms with van der Waals surface area (Å²) in [5.74, 6) is 0. The maximum Gasteiger partial charge on any atom is 0.101 e. The molecule has 4 nitrogen and oxygen atoms in total. The van der Waals surface area contributed by atoms with E-state index in [0.717, 1.165) is 37.9 Å². The summed E-state index contributed by atoms with van der Waals surface area (Å²) >= 11 is 0. The van der Waals surface area contributed by atoms with Crippen LogP contribution in [0, 0.1) is 22.7 Å². The minimum absolute atomic E-state index is 0.259. The Bertz CT molecular complexity index is 457. The summed E-state index contributed by atoms with van der Waals surface area (Å²) in [6, 6.07) is 9.18. The van der Waals surface area contributed by atoms with Gasteiger partial charge in [0.1, 0.15) is 12.1 Å². The fourth-order valence-corrected chi connectivity index (χ4v) is 1.67. The number of benzene rings is 1. The Morgan fingerprint density at radius 1 is 1.00 bits per heavy atom. The number of unbranched alkanes of at least 4 members (excludes halogenated alkanes) is 3. The van der Waals surface area contributed by atoms with Crippen LogP contribution >= 0.6 is 0 Å². The van der Waals surface area contributed by atoms with Crippen molar-refractivity contribution in [1.29, 1.82) is 10.5 Å². The smallest absolute Gasteiger partial charge is 0.101 e. The van der Waals surface area contributed by atoms with Gasteiger partial charge in [-0.25, -0.2) is 0 Å². The second kappa shape index (κ2) is 8.11. The van der Waals surface area contributed by atoms with E-state index in [1.54, 1.807) is 12.1 Å². The van der Waals surface area contributed by atoms with Crippen molar-refractivity contribution < 1.29 is 5.11 Å². The molecule has 0 atom stereocenters. The van der Waals surface area contributed by atoms with Crippen molar-refractivity contribution >= 4 is 5.69 Å². The lowest BCUT2D eigenvalue weighted by Crippen LogP contribution is -2.02. The van der Waals surface area contributed by atoms with Crippen LogP contribution in [-0.4, -0.2) is 18.3 Å². The molecule has 0 aliphatic rings. The first-order chi connectivity index (χ1) is 8.81. The predicted molar refractivity (Wildman–Crippen MR) is 69.9 cm³/mol. The third kappa shape index (κ3) is 4.45. The third-order valence-electron chi connectivity index (χ3n) is 2.67. The second-order valence-corrected chi connectivity index (χ2v) is 4.05. The number of aliphatic hydroxyl groups is 1. The lowest BCUT2D eigenvalue weighted by atomic mass is 10.1. The molecule has 94 valence electrons. The molecule has 0 saturated carbocycles. The quantitative estimate of drug-likeness (QED) is 0.720. The molecule has 0 spiro atoms. The van der Waals surface area contributed by atoms with E-state index in [1.165, 1.54) is 0 Å². The number of nitriles is 2. The fraction of sp³-hybridized carbons (Fsp3) is 0.429. The highest BCUT2D eigenvalue weighted by atomic mass is 16.2. The van der Waals surface area contributed by atoms with Crippen LogP contribution in [0.1, 0.15) is 36.8 Å². The van der Waals surface area contributed by atoms with E-state index < -0.39 is 0 Å². The van der Waals surface area contributed by atoms with Crippen LogP contribution in [0.5, 0.6) is 0 Å². The summed E-state index contributed by atoms with van der Waals surface area (Å²) < 4.78 is 0. The Labute approximate surface area is 107 Å². The molecule has 0 fully saturated rings. The molecule has 0 saturated heterocycles. The molecule has 0 aromatic heterocycles. The van der Waals surface area contributed by atoms with E-state index in [2.05, 4.69) is 5.32 Å². The van der Waals surface area contributed by atoms with Crippen LogP contribution in [0.4, 0.5) is 5.69 Å². The summed E-state index contributed by atoms with van der Waals surface area (Å²) in [6.07, 6.45) is 4.00. The molecule has 1 rings (SSSR count). The summed E-state index contributed by atoms with van der Waals surface area (Å²) in [5.41, 5.74) is 1.68.